The van der Waals surface area contributed by atoms with Crippen LogP contribution in [-0.2, 0) is 6.54 Å². The Labute approximate surface area is 136 Å². The molecule has 124 valence electrons. The largest absolute Gasteiger partial charge is 0.573 e. The van der Waals surface area contributed by atoms with E-state index in [0.29, 0.717) is 0 Å². The molecule has 2 aromatic rings. The Hall–Kier alpha value is -1.80. The zero-order valence-electron chi connectivity index (χ0n) is 12.3. The number of alkyl halides is 3. The number of hydrogen-bond acceptors (Lipinski definition) is 5. The molecule has 1 aromatic heterocycles. The van der Waals surface area contributed by atoms with Crippen molar-refractivity contribution in [2.75, 3.05) is 31.1 Å². The molecule has 0 saturated carbocycles. The number of rotatable bonds is 4. The van der Waals surface area contributed by atoms with Crippen LogP contribution in [0.2, 0.25) is 0 Å². The van der Waals surface area contributed by atoms with Crippen molar-refractivity contribution in [3.8, 4) is 5.75 Å². The Morgan fingerprint density at radius 2 is 1.78 bits per heavy atom. The molecule has 0 bridgehead atoms. The van der Waals surface area contributed by atoms with Crippen molar-refractivity contribution >= 4 is 16.5 Å². The van der Waals surface area contributed by atoms with Crippen molar-refractivity contribution in [1.29, 1.82) is 0 Å². The van der Waals surface area contributed by atoms with E-state index in [0.717, 1.165) is 43.4 Å². The van der Waals surface area contributed by atoms with Gasteiger partial charge in [-0.05, 0) is 17.7 Å². The van der Waals surface area contributed by atoms with Gasteiger partial charge in [0.25, 0.3) is 0 Å². The van der Waals surface area contributed by atoms with Crippen LogP contribution in [0.4, 0.5) is 18.3 Å². The second-order valence-corrected chi connectivity index (χ2v) is 6.14. The lowest BCUT2D eigenvalue weighted by atomic mass is 10.2. The summed E-state index contributed by atoms with van der Waals surface area (Å²) in [4.78, 5) is 8.84. The van der Waals surface area contributed by atoms with E-state index in [4.69, 9.17) is 0 Å². The van der Waals surface area contributed by atoms with Crippen LogP contribution in [0.15, 0.2) is 35.8 Å². The van der Waals surface area contributed by atoms with E-state index in [1.54, 1.807) is 29.7 Å². The highest BCUT2D eigenvalue weighted by molar-refractivity contribution is 7.13. The van der Waals surface area contributed by atoms with Crippen LogP contribution in [0.3, 0.4) is 0 Å². The van der Waals surface area contributed by atoms with Gasteiger partial charge in [-0.2, -0.15) is 0 Å². The summed E-state index contributed by atoms with van der Waals surface area (Å²) < 4.78 is 40.3. The molecular weight excluding hydrogens is 327 g/mol. The van der Waals surface area contributed by atoms with Gasteiger partial charge in [0.05, 0.1) is 0 Å². The van der Waals surface area contributed by atoms with Crippen LogP contribution in [0.1, 0.15) is 5.56 Å². The van der Waals surface area contributed by atoms with Crippen LogP contribution < -0.4 is 9.64 Å². The van der Waals surface area contributed by atoms with Gasteiger partial charge in [-0.25, -0.2) is 4.98 Å². The van der Waals surface area contributed by atoms with Crippen molar-refractivity contribution in [3.05, 3.63) is 41.4 Å². The number of benzene rings is 1. The average Bonchev–Trinajstić information content (AvgIpc) is 3.03. The fourth-order valence-electron chi connectivity index (χ4n) is 2.52. The highest BCUT2D eigenvalue weighted by Gasteiger charge is 2.31. The van der Waals surface area contributed by atoms with Crippen LogP contribution >= 0.6 is 11.3 Å². The van der Waals surface area contributed by atoms with Gasteiger partial charge in [-0.3, -0.25) is 4.90 Å². The van der Waals surface area contributed by atoms with Crippen molar-refractivity contribution in [2.45, 2.75) is 12.9 Å². The minimum absolute atomic E-state index is 0.185. The molecule has 2 heterocycles. The summed E-state index contributed by atoms with van der Waals surface area (Å²) >= 11 is 1.63. The minimum Gasteiger partial charge on any atom is -0.406 e. The zero-order valence-corrected chi connectivity index (χ0v) is 13.1. The van der Waals surface area contributed by atoms with Gasteiger partial charge in [0, 0.05) is 44.3 Å². The molecule has 1 aliphatic rings. The van der Waals surface area contributed by atoms with Gasteiger partial charge in [0.2, 0.25) is 0 Å². The topological polar surface area (TPSA) is 28.6 Å². The van der Waals surface area contributed by atoms with Gasteiger partial charge >= 0.3 is 6.36 Å². The number of piperazine rings is 1. The molecule has 1 aromatic carbocycles. The molecule has 0 radical (unpaired) electrons. The van der Waals surface area contributed by atoms with Crippen molar-refractivity contribution in [1.82, 2.24) is 9.88 Å². The average molecular weight is 343 g/mol. The number of nitrogens with zero attached hydrogens (tertiary/aromatic N) is 3. The third kappa shape index (κ3) is 4.59. The molecule has 0 unspecified atom stereocenters. The highest BCUT2D eigenvalue weighted by Crippen LogP contribution is 2.23. The third-order valence-corrected chi connectivity index (χ3v) is 4.46. The molecule has 1 aliphatic heterocycles. The summed E-state index contributed by atoms with van der Waals surface area (Å²) in [5.74, 6) is -0.185. The molecule has 1 saturated heterocycles. The number of thiazole rings is 1. The molecule has 23 heavy (non-hydrogen) atoms. The second-order valence-electron chi connectivity index (χ2n) is 5.27. The molecule has 4 nitrogen and oxygen atoms in total. The van der Waals surface area contributed by atoms with E-state index in [2.05, 4.69) is 19.5 Å². The number of aromatic nitrogens is 1. The molecule has 0 aliphatic carbocycles. The summed E-state index contributed by atoms with van der Waals surface area (Å²) in [6.45, 7) is 4.34. The normalized spacial score (nSPS) is 16.6. The maximum absolute atomic E-state index is 12.1. The second kappa shape index (κ2) is 6.76. The SMILES string of the molecule is FC(F)(F)Oc1ccc(CN2CCN(c3nccs3)CC2)cc1. The van der Waals surface area contributed by atoms with Gasteiger partial charge in [-0.1, -0.05) is 12.1 Å². The minimum atomic E-state index is -4.65. The zero-order chi connectivity index (χ0) is 16.3. The summed E-state index contributed by atoms with van der Waals surface area (Å²) in [7, 11) is 0. The monoisotopic (exact) mass is 343 g/mol. The predicted octanol–water partition coefficient (Wildman–Crippen LogP) is 3.36. The molecule has 3 rings (SSSR count). The lowest BCUT2D eigenvalue weighted by Gasteiger charge is -2.34. The maximum atomic E-state index is 12.1. The smallest absolute Gasteiger partial charge is 0.406 e. The summed E-state index contributed by atoms with van der Waals surface area (Å²) in [6, 6.07) is 6.06. The lowest BCUT2D eigenvalue weighted by Crippen LogP contribution is -2.45. The third-order valence-electron chi connectivity index (χ3n) is 3.63. The molecule has 1 fully saturated rings. The molecule has 0 atom stereocenters. The Morgan fingerprint density at radius 1 is 1.09 bits per heavy atom. The van der Waals surface area contributed by atoms with Crippen molar-refractivity contribution < 1.29 is 17.9 Å². The first-order valence-corrected chi connectivity index (χ1v) is 8.09. The molecule has 0 spiro atoms. The molecule has 8 heteroatoms. The summed E-state index contributed by atoms with van der Waals surface area (Å²) in [6.07, 6.45) is -2.84. The molecular formula is C15H16F3N3OS. The predicted molar refractivity (Wildman–Crippen MR) is 82.7 cm³/mol. The van der Waals surface area contributed by atoms with E-state index < -0.39 is 6.36 Å². The first-order valence-electron chi connectivity index (χ1n) is 7.21. The fraction of sp³-hybridized carbons (Fsp3) is 0.400. The number of anilines is 1. The van der Waals surface area contributed by atoms with Crippen LogP contribution in [0, 0.1) is 0 Å². The fourth-order valence-corrected chi connectivity index (χ4v) is 3.22. The number of hydrogen-bond donors (Lipinski definition) is 0. The number of halogens is 3. The van der Waals surface area contributed by atoms with E-state index in [1.807, 2.05) is 5.38 Å². The van der Waals surface area contributed by atoms with Crippen LogP contribution in [-0.4, -0.2) is 42.4 Å². The Morgan fingerprint density at radius 3 is 2.35 bits per heavy atom. The van der Waals surface area contributed by atoms with Gasteiger partial charge in [0.15, 0.2) is 5.13 Å². The standard InChI is InChI=1S/C15H16F3N3OS/c16-15(17,18)22-13-3-1-12(2-4-13)11-20-6-8-21(9-7-20)14-19-5-10-23-14/h1-5,10H,6-9,11H2. The van der Waals surface area contributed by atoms with E-state index in [9.17, 15) is 13.2 Å². The van der Waals surface area contributed by atoms with E-state index in [-0.39, 0.29) is 5.75 Å². The van der Waals surface area contributed by atoms with Gasteiger partial charge in [0.1, 0.15) is 5.75 Å². The molecule has 0 amide bonds. The first-order chi connectivity index (χ1) is 11.0. The number of ether oxygens (including phenoxy) is 1. The van der Waals surface area contributed by atoms with Crippen LogP contribution in [0.5, 0.6) is 5.75 Å². The molecule has 0 N–H and O–H groups in total. The van der Waals surface area contributed by atoms with Crippen molar-refractivity contribution in [2.24, 2.45) is 0 Å². The Bertz CT molecular complexity index is 608. The Balaban J connectivity index is 1.50. The highest BCUT2D eigenvalue weighted by atomic mass is 32.1. The van der Waals surface area contributed by atoms with E-state index in [1.165, 1.54) is 12.1 Å². The van der Waals surface area contributed by atoms with Gasteiger partial charge in [-0.15, -0.1) is 24.5 Å². The van der Waals surface area contributed by atoms with E-state index >= 15 is 0 Å². The van der Waals surface area contributed by atoms with Crippen molar-refractivity contribution in [3.63, 3.8) is 0 Å². The first kappa shape index (κ1) is 16.1. The van der Waals surface area contributed by atoms with Crippen LogP contribution in [0.25, 0.3) is 0 Å². The quantitative estimate of drug-likeness (QED) is 0.851. The lowest BCUT2D eigenvalue weighted by molar-refractivity contribution is -0.274. The maximum Gasteiger partial charge on any atom is 0.573 e. The summed E-state index contributed by atoms with van der Waals surface area (Å²) in [5, 5.41) is 3.00. The Kier molecular flexibility index (Phi) is 4.72. The van der Waals surface area contributed by atoms with Gasteiger partial charge < -0.3 is 9.64 Å². The summed E-state index contributed by atoms with van der Waals surface area (Å²) in [5.41, 5.74) is 0.974.